The number of Topliss-reactive ketones (excluding diaryl/α,β-unsaturated/α-hetero) is 2. The highest BCUT2D eigenvalue weighted by Crippen LogP contribution is 2.32. The van der Waals surface area contributed by atoms with Crippen LogP contribution in [0.4, 0.5) is 23.2 Å². The minimum Gasteiger partial charge on any atom is -0.497 e. The number of amides is 2. The first kappa shape index (κ1) is 54.1. The predicted molar refractivity (Wildman–Crippen MR) is 261 cm³/mol. The molecular formula is C49H45F4N5O11S4. The monoisotopic (exact) mass is 1080 g/mol. The molecule has 8 rings (SSSR count). The van der Waals surface area contributed by atoms with Crippen molar-refractivity contribution in [2.45, 2.75) is 47.2 Å². The van der Waals surface area contributed by atoms with Gasteiger partial charge in [0.1, 0.15) is 37.4 Å². The van der Waals surface area contributed by atoms with E-state index in [4.69, 9.17) is 4.74 Å². The molecule has 2 amide bonds. The summed E-state index contributed by atoms with van der Waals surface area (Å²) in [5.41, 5.74) is -0.0759. The number of ketones is 2. The summed E-state index contributed by atoms with van der Waals surface area (Å²) in [6.07, 6.45) is 0.881. The highest BCUT2D eigenvalue weighted by Gasteiger charge is 2.36. The van der Waals surface area contributed by atoms with Gasteiger partial charge < -0.3 is 15.4 Å². The molecule has 2 saturated heterocycles. The van der Waals surface area contributed by atoms with Crippen molar-refractivity contribution < 1.29 is 63.2 Å². The molecule has 4 aromatic carbocycles. The van der Waals surface area contributed by atoms with Gasteiger partial charge in [-0.3, -0.25) is 29.3 Å². The zero-order chi connectivity index (χ0) is 52.6. The van der Waals surface area contributed by atoms with Crippen LogP contribution < -0.4 is 15.4 Å². The molecule has 6 aromatic rings. The minimum atomic E-state index is -3.85. The number of benzene rings is 4. The van der Waals surface area contributed by atoms with E-state index < -0.39 is 77.5 Å². The summed E-state index contributed by atoms with van der Waals surface area (Å²) in [6.45, 7) is 0.552. The lowest BCUT2D eigenvalue weighted by molar-refractivity contribution is -0.384. The number of non-ortho nitro benzene ring substituents is 1. The van der Waals surface area contributed by atoms with E-state index in [2.05, 4.69) is 10.6 Å². The Bertz CT molecular complexity index is 3280. The number of rotatable bonds is 16. The van der Waals surface area contributed by atoms with E-state index in [1.807, 2.05) is 0 Å². The Kier molecular flexibility index (Phi) is 17.4. The number of nitro benzene ring substituents is 1. The molecule has 384 valence electrons. The van der Waals surface area contributed by atoms with Gasteiger partial charge in [-0.05, 0) is 98.5 Å². The van der Waals surface area contributed by atoms with Crippen LogP contribution in [0.3, 0.4) is 0 Å². The Morgan fingerprint density at radius 3 is 1.45 bits per heavy atom. The average Bonchev–Trinajstić information content (AvgIpc) is 4.09. The highest BCUT2D eigenvalue weighted by molar-refractivity contribution is 7.91. The van der Waals surface area contributed by atoms with E-state index in [0.29, 0.717) is 33.2 Å². The fraction of sp³-hybridized carbons (Fsp3) is 0.265. The minimum absolute atomic E-state index is 0.0293. The number of ether oxygens (including phenoxy) is 1. The van der Waals surface area contributed by atoms with E-state index in [1.165, 1.54) is 46.1 Å². The maximum atomic E-state index is 14.0. The van der Waals surface area contributed by atoms with Crippen molar-refractivity contribution in [2.75, 3.05) is 33.3 Å². The molecule has 2 N–H and O–H groups in total. The van der Waals surface area contributed by atoms with Crippen molar-refractivity contribution in [3.05, 3.63) is 175 Å². The molecule has 24 heteroatoms. The fourth-order valence-electron chi connectivity index (χ4n) is 8.04. The van der Waals surface area contributed by atoms with Crippen LogP contribution in [0.5, 0.6) is 5.75 Å². The largest absolute Gasteiger partial charge is 0.497 e. The summed E-state index contributed by atoms with van der Waals surface area (Å²) in [7, 11) is -6.12. The zero-order valence-electron chi connectivity index (χ0n) is 38.6. The summed E-state index contributed by atoms with van der Waals surface area (Å²) in [4.78, 5) is 61.6. The Morgan fingerprint density at radius 2 is 1.04 bits per heavy atom. The first-order valence-electron chi connectivity index (χ1n) is 22.4. The van der Waals surface area contributed by atoms with E-state index >= 15 is 0 Å². The summed E-state index contributed by atoms with van der Waals surface area (Å²) >= 11 is 2.05. The van der Waals surface area contributed by atoms with Crippen molar-refractivity contribution in [1.29, 1.82) is 0 Å². The lowest BCUT2D eigenvalue weighted by atomic mass is 9.89. The molecule has 16 nitrogen and oxygen atoms in total. The second-order valence-corrected chi connectivity index (χ2v) is 23.3. The Morgan fingerprint density at radius 1 is 0.616 bits per heavy atom. The van der Waals surface area contributed by atoms with Gasteiger partial charge in [0.05, 0.1) is 36.2 Å². The van der Waals surface area contributed by atoms with Crippen LogP contribution in [-0.2, 0) is 33.1 Å². The lowest BCUT2D eigenvalue weighted by Gasteiger charge is -2.30. The van der Waals surface area contributed by atoms with Crippen molar-refractivity contribution in [1.82, 2.24) is 19.2 Å². The van der Waals surface area contributed by atoms with Crippen LogP contribution in [0.15, 0.2) is 118 Å². The van der Waals surface area contributed by atoms with Gasteiger partial charge in [-0.2, -0.15) is 8.61 Å². The number of carbonyl (C=O) groups is 4. The van der Waals surface area contributed by atoms with Crippen LogP contribution in [0.25, 0.3) is 0 Å². The lowest BCUT2D eigenvalue weighted by Crippen LogP contribution is -2.40. The van der Waals surface area contributed by atoms with Crippen LogP contribution in [0.1, 0.15) is 76.9 Å². The number of methoxy groups -OCH3 is 1. The molecule has 2 fully saturated rings. The second kappa shape index (κ2) is 23.4. The zero-order valence-corrected chi connectivity index (χ0v) is 41.9. The topological polar surface area (TPSA) is 219 Å². The predicted octanol–water partition coefficient (Wildman–Crippen LogP) is 8.40. The Hall–Kier alpha value is -6.70. The molecule has 0 aliphatic carbocycles. The molecule has 2 aliphatic rings. The molecule has 73 heavy (non-hydrogen) atoms. The van der Waals surface area contributed by atoms with Gasteiger partial charge in [0.25, 0.3) is 37.5 Å². The molecule has 0 atom stereocenters. The van der Waals surface area contributed by atoms with Gasteiger partial charge >= 0.3 is 0 Å². The summed E-state index contributed by atoms with van der Waals surface area (Å²) in [5, 5.41) is 16.3. The first-order valence-corrected chi connectivity index (χ1v) is 26.9. The van der Waals surface area contributed by atoms with Gasteiger partial charge in [0.2, 0.25) is 0 Å². The third-order valence-electron chi connectivity index (χ3n) is 12.0. The summed E-state index contributed by atoms with van der Waals surface area (Å²) in [5.74, 6) is -5.74. The fourth-order valence-corrected chi connectivity index (χ4v) is 13.9. The van der Waals surface area contributed by atoms with Gasteiger partial charge in [0.15, 0.2) is 11.6 Å². The smallest absolute Gasteiger partial charge is 0.270 e. The molecule has 2 aliphatic heterocycles. The van der Waals surface area contributed by atoms with Gasteiger partial charge in [0, 0.05) is 83.2 Å². The molecular weight excluding hydrogens is 1040 g/mol. The molecule has 0 unspecified atom stereocenters. The summed E-state index contributed by atoms with van der Waals surface area (Å²) in [6, 6.07) is 23.7. The van der Waals surface area contributed by atoms with E-state index in [0.717, 1.165) is 53.0 Å². The number of carbonyl (C=O) groups excluding carboxylic acids is 4. The molecule has 0 spiro atoms. The Labute approximate surface area is 424 Å². The van der Waals surface area contributed by atoms with Crippen LogP contribution >= 0.6 is 22.7 Å². The average molecular weight is 1080 g/mol. The van der Waals surface area contributed by atoms with Gasteiger partial charge in [-0.25, -0.2) is 34.4 Å². The number of nitro groups is 1. The number of piperidine rings is 2. The Balaban J connectivity index is 0.000000214. The summed E-state index contributed by atoms with van der Waals surface area (Å²) < 4.78 is 115. The van der Waals surface area contributed by atoms with Gasteiger partial charge in [-0.1, -0.05) is 12.1 Å². The number of hydrogen-bond donors (Lipinski definition) is 2. The van der Waals surface area contributed by atoms with E-state index in [1.54, 1.807) is 36.4 Å². The highest BCUT2D eigenvalue weighted by atomic mass is 32.3. The number of halogens is 4. The number of nitrogens with one attached hydrogen (secondary N) is 2. The molecule has 2 aromatic heterocycles. The third-order valence-corrected chi connectivity index (χ3v) is 18.9. The SMILES string of the molecule is COc1cccc(C(=O)NCc2ccc(S(=O)(=O)N3CCC(C(=O)c4ccc(F)cc4F)CC3)s2)c1.O=C(NCc1ccc(S(=O)(=O)N2CCC(C(=O)c3ccc(F)cc3F)CC2)s1)c1cccc([N+](=O)[O-])c1. The number of nitrogens with zero attached hydrogens (tertiary/aromatic N) is 3. The number of thiophene rings is 2. The van der Waals surface area contributed by atoms with Crippen LogP contribution in [-0.4, -0.2) is 87.0 Å². The van der Waals surface area contributed by atoms with Crippen molar-refractivity contribution in [3.63, 3.8) is 0 Å². The molecule has 4 heterocycles. The molecule has 0 radical (unpaired) electrons. The van der Waals surface area contributed by atoms with E-state index in [9.17, 15) is 63.7 Å². The van der Waals surface area contributed by atoms with Gasteiger partial charge in [-0.15, -0.1) is 22.7 Å². The number of hydrogen-bond acceptors (Lipinski definition) is 13. The molecule has 0 saturated carbocycles. The van der Waals surface area contributed by atoms with Crippen molar-refractivity contribution in [2.24, 2.45) is 11.8 Å². The standard InChI is InChI=1S/C25H24F2N2O5S2.C24H21F2N3O6S2/c1-34-19-4-2-3-17(13-19)25(31)28-15-20-6-8-23(35-20)36(32,33)29-11-9-16(10-12-29)24(30)21-7-5-18(26)14-22(21)27;25-17-4-6-20(21(26)13-17)23(30)15-8-10-28(11-9-15)37(34,35)22-7-5-19(36-22)14-27-24(31)16-2-1-3-18(12-16)29(32)33/h2-8,13-14,16H,9-12,15H2,1H3,(H,28,31);1-7,12-13,15H,8-11,14H2,(H,27,31). The molecule has 0 bridgehead atoms. The quantitative estimate of drug-likeness (QED) is 0.0406. The normalized spacial score (nSPS) is 14.9. The maximum absolute atomic E-state index is 14.0. The van der Waals surface area contributed by atoms with Crippen molar-refractivity contribution in [3.8, 4) is 5.75 Å². The van der Waals surface area contributed by atoms with Crippen LogP contribution in [0.2, 0.25) is 0 Å². The second-order valence-electron chi connectivity index (χ2n) is 16.7. The van der Waals surface area contributed by atoms with Crippen molar-refractivity contribution >= 4 is 71.8 Å². The number of sulfonamides is 2. The third kappa shape index (κ3) is 13.1. The van der Waals surface area contributed by atoms with Crippen LogP contribution in [0, 0.1) is 45.2 Å². The van der Waals surface area contributed by atoms with E-state index in [-0.39, 0.29) is 102 Å². The first-order chi connectivity index (χ1) is 34.7. The maximum Gasteiger partial charge on any atom is 0.270 e.